The summed E-state index contributed by atoms with van der Waals surface area (Å²) < 4.78 is 11.9. The summed E-state index contributed by atoms with van der Waals surface area (Å²) in [6, 6.07) is 0.719. The van der Waals surface area contributed by atoms with Crippen molar-refractivity contribution in [3.8, 4) is 0 Å². The van der Waals surface area contributed by atoms with Gasteiger partial charge in [0, 0.05) is 12.6 Å². The molecule has 1 fully saturated rings. The number of alkyl halides is 1. The third kappa shape index (κ3) is 2.44. The second-order valence-electron chi connectivity index (χ2n) is 4.03. The van der Waals surface area contributed by atoms with Gasteiger partial charge in [-0.15, -0.1) is 0 Å². The SMILES string of the molecule is CC(C)C1CCCN1CCCF. The van der Waals surface area contributed by atoms with Crippen molar-refractivity contribution in [2.75, 3.05) is 19.8 Å². The Hall–Kier alpha value is -0.110. The van der Waals surface area contributed by atoms with Crippen LogP contribution in [-0.4, -0.2) is 30.7 Å². The van der Waals surface area contributed by atoms with Gasteiger partial charge in [-0.3, -0.25) is 4.39 Å². The minimum atomic E-state index is -0.165. The highest BCUT2D eigenvalue weighted by Gasteiger charge is 2.25. The number of nitrogens with zero attached hydrogens (tertiary/aromatic N) is 1. The van der Waals surface area contributed by atoms with E-state index in [2.05, 4.69) is 18.7 Å². The second kappa shape index (κ2) is 4.80. The summed E-state index contributed by atoms with van der Waals surface area (Å²) in [6.07, 6.45) is 3.32. The van der Waals surface area contributed by atoms with Crippen LogP contribution in [0.15, 0.2) is 0 Å². The van der Waals surface area contributed by atoms with Crippen molar-refractivity contribution in [2.24, 2.45) is 5.92 Å². The predicted octanol–water partition coefficient (Wildman–Crippen LogP) is 2.47. The minimum Gasteiger partial charge on any atom is -0.300 e. The average Bonchev–Trinajstić information content (AvgIpc) is 2.48. The Balaban J connectivity index is 2.30. The Morgan fingerprint density at radius 1 is 1.50 bits per heavy atom. The van der Waals surface area contributed by atoms with Gasteiger partial charge >= 0.3 is 0 Å². The van der Waals surface area contributed by atoms with Crippen LogP contribution in [-0.2, 0) is 0 Å². The van der Waals surface area contributed by atoms with Crippen LogP contribution in [0.3, 0.4) is 0 Å². The van der Waals surface area contributed by atoms with Gasteiger partial charge in [-0.05, 0) is 31.7 Å². The summed E-state index contributed by atoms with van der Waals surface area (Å²) in [4.78, 5) is 2.45. The molecular weight excluding hydrogens is 153 g/mol. The molecule has 2 heteroatoms. The molecule has 1 unspecified atom stereocenters. The Kier molecular flexibility index (Phi) is 3.99. The van der Waals surface area contributed by atoms with Crippen molar-refractivity contribution in [1.82, 2.24) is 4.90 Å². The van der Waals surface area contributed by atoms with E-state index in [1.807, 2.05) is 0 Å². The monoisotopic (exact) mass is 173 g/mol. The zero-order valence-electron chi connectivity index (χ0n) is 8.22. The van der Waals surface area contributed by atoms with Crippen LogP contribution >= 0.6 is 0 Å². The van der Waals surface area contributed by atoms with Gasteiger partial charge in [0.25, 0.3) is 0 Å². The topological polar surface area (TPSA) is 3.24 Å². The molecule has 0 radical (unpaired) electrons. The Morgan fingerprint density at radius 2 is 2.25 bits per heavy atom. The third-order valence-corrected chi connectivity index (χ3v) is 2.76. The van der Waals surface area contributed by atoms with Crippen LogP contribution in [0.1, 0.15) is 33.1 Å². The van der Waals surface area contributed by atoms with Gasteiger partial charge in [0.15, 0.2) is 0 Å². The van der Waals surface area contributed by atoms with E-state index in [-0.39, 0.29) is 6.67 Å². The number of hydrogen-bond donors (Lipinski definition) is 0. The lowest BCUT2D eigenvalue weighted by Crippen LogP contribution is -2.34. The minimum absolute atomic E-state index is 0.165. The molecule has 12 heavy (non-hydrogen) atoms. The smallest absolute Gasteiger partial charge is 0.0906 e. The van der Waals surface area contributed by atoms with Gasteiger partial charge in [-0.1, -0.05) is 13.8 Å². The van der Waals surface area contributed by atoms with E-state index in [0.717, 1.165) is 18.5 Å². The van der Waals surface area contributed by atoms with Gasteiger partial charge in [0.05, 0.1) is 6.67 Å². The Morgan fingerprint density at radius 3 is 2.83 bits per heavy atom. The highest BCUT2D eigenvalue weighted by atomic mass is 19.1. The largest absolute Gasteiger partial charge is 0.300 e. The zero-order valence-corrected chi connectivity index (χ0v) is 8.22. The van der Waals surface area contributed by atoms with Crippen LogP contribution in [0.25, 0.3) is 0 Å². The first-order valence-corrected chi connectivity index (χ1v) is 5.05. The molecule has 0 aromatic heterocycles. The number of hydrogen-bond acceptors (Lipinski definition) is 1. The molecule has 0 saturated carbocycles. The van der Waals surface area contributed by atoms with Crippen molar-refractivity contribution in [3.05, 3.63) is 0 Å². The maximum Gasteiger partial charge on any atom is 0.0906 e. The standard InChI is InChI=1S/C10H20FN/c1-9(2)10-5-3-7-12(10)8-4-6-11/h9-10H,3-8H2,1-2H3. The van der Waals surface area contributed by atoms with E-state index in [1.165, 1.54) is 19.4 Å². The van der Waals surface area contributed by atoms with Gasteiger partial charge in [0.1, 0.15) is 0 Å². The molecule has 1 aliphatic rings. The van der Waals surface area contributed by atoms with Crippen LogP contribution in [0.4, 0.5) is 4.39 Å². The Bertz CT molecular complexity index is 125. The molecule has 72 valence electrons. The van der Waals surface area contributed by atoms with E-state index < -0.39 is 0 Å². The molecule has 1 aliphatic heterocycles. The van der Waals surface area contributed by atoms with E-state index in [0.29, 0.717) is 6.42 Å². The molecule has 1 heterocycles. The van der Waals surface area contributed by atoms with Gasteiger partial charge in [-0.25, -0.2) is 0 Å². The van der Waals surface area contributed by atoms with E-state index >= 15 is 0 Å². The molecule has 0 N–H and O–H groups in total. The molecule has 1 rings (SSSR count). The molecule has 0 amide bonds. The van der Waals surface area contributed by atoms with Crippen LogP contribution in [0.5, 0.6) is 0 Å². The maximum absolute atomic E-state index is 11.9. The molecule has 0 spiro atoms. The van der Waals surface area contributed by atoms with Crippen LogP contribution in [0, 0.1) is 5.92 Å². The van der Waals surface area contributed by atoms with Crippen LogP contribution < -0.4 is 0 Å². The molecule has 0 aromatic carbocycles. The highest BCUT2D eigenvalue weighted by molar-refractivity contribution is 4.81. The molecule has 1 saturated heterocycles. The van der Waals surface area contributed by atoms with Gasteiger partial charge in [-0.2, -0.15) is 0 Å². The van der Waals surface area contributed by atoms with Crippen molar-refractivity contribution in [1.29, 1.82) is 0 Å². The summed E-state index contributed by atoms with van der Waals surface area (Å²) in [6.45, 7) is 6.50. The first-order valence-electron chi connectivity index (χ1n) is 5.05. The molecule has 1 nitrogen and oxygen atoms in total. The molecular formula is C10H20FN. The van der Waals surface area contributed by atoms with Crippen molar-refractivity contribution >= 4 is 0 Å². The lowest BCUT2D eigenvalue weighted by molar-refractivity contribution is 0.198. The lowest BCUT2D eigenvalue weighted by atomic mass is 10.0. The average molecular weight is 173 g/mol. The maximum atomic E-state index is 11.9. The quantitative estimate of drug-likeness (QED) is 0.631. The fraction of sp³-hybridized carbons (Fsp3) is 1.00. The second-order valence-corrected chi connectivity index (χ2v) is 4.03. The number of likely N-dealkylation sites (tertiary alicyclic amines) is 1. The van der Waals surface area contributed by atoms with Gasteiger partial charge < -0.3 is 4.90 Å². The van der Waals surface area contributed by atoms with Crippen molar-refractivity contribution in [3.63, 3.8) is 0 Å². The molecule has 1 atom stereocenters. The normalized spacial score (nSPS) is 25.5. The zero-order chi connectivity index (χ0) is 8.97. The first-order chi connectivity index (χ1) is 5.75. The lowest BCUT2D eigenvalue weighted by Gasteiger charge is -2.26. The fourth-order valence-electron chi connectivity index (χ4n) is 2.15. The number of rotatable bonds is 4. The fourth-order valence-corrected chi connectivity index (χ4v) is 2.15. The highest BCUT2D eigenvalue weighted by Crippen LogP contribution is 2.23. The molecule has 0 bridgehead atoms. The number of halogens is 1. The van der Waals surface area contributed by atoms with E-state index in [9.17, 15) is 4.39 Å². The molecule has 0 aromatic rings. The first kappa shape index (κ1) is 9.97. The van der Waals surface area contributed by atoms with Gasteiger partial charge in [0.2, 0.25) is 0 Å². The Labute approximate surface area is 74.9 Å². The van der Waals surface area contributed by atoms with Crippen molar-refractivity contribution in [2.45, 2.75) is 39.2 Å². The summed E-state index contributed by atoms with van der Waals surface area (Å²) >= 11 is 0. The van der Waals surface area contributed by atoms with Crippen LogP contribution in [0.2, 0.25) is 0 Å². The summed E-state index contributed by atoms with van der Waals surface area (Å²) in [5.74, 6) is 0.729. The van der Waals surface area contributed by atoms with E-state index in [1.54, 1.807) is 0 Å². The summed E-state index contributed by atoms with van der Waals surface area (Å²) in [7, 11) is 0. The summed E-state index contributed by atoms with van der Waals surface area (Å²) in [5, 5.41) is 0. The predicted molar refractivity (Wildman–Crippen MR) is 50.0 cm³/mol. The molecule has 0 aliphatic carbocycles. The van der Waals surface area contributed by atoms with Crippen molar-refractivity contribution < 1.29 is 4.39 Å². The third-order valence-electron chi connectivity index (χ3n) is 2.76. The summed E-state index contributed by atoms with van der Waals surface area (Å²) in [5.41, 5.74) is 0. The van der Waals surface area contributed by atoms with E-state index in [4.69, 9.17) is 0 Å².